The molecule has 0 aliphatic carbocycles. The first-order valence-electron chi connectivity index (χ1n) is 9.06. The smallest absolute Gasteiger partial charge is 0.227 e. The number of carbonyl (C=O) groups excluding carboxylic acids is 2. The fourth-order valence-electron chi connectivity index (χ4n) is 2.53. The average Bonchev–Trinajstić information content (AvgIpc) is 3.32. The van der Waals surface area contributed by atoms with Crippen molar-refractivity contribution in [2.45, 2.75) is 33.1 Å². The Kier molecular flexibility index (Phi) is 6.54. The molecule has 0 fully saturated rings. The number of nitrogens with one attached hydrogen (secondary N) is 2. The van der Waals surface area contributed by atoms with Gasteiger partial charge in [0.25, 0.3) is 0 Å². The van der Waals surface area contributed by atoms with Crippen LogP contribution in [0, 0.1) is 5.92 Å². The number of aryl methyl sites for hydroxylation is 1. The highest BCUT2D eigenvalue weighted by Gasteiger charge is 2.11. The summed E-state index contributed by atoms with van der Waals surface area (Å²) in [7, 11) is 0. The van der Waals surface area contributed by atoms with Gasteiger partial charge in [-0.25, -0.2) is 0 Å². The van der Waals surface area contributed by atoms with Gasteiger partial charge >= 0.3 is 0 Å². The highest BCUT2D eigenvalue weighted by Crippen LogP contribution is 2.21. The zero-order chi connectivity index (χ0) is 19.9. The molecular weight excluding hydrogens is 376 g/mol. The van der Waals surface area contributed by atoms with Gasteiger partial charge in [-0.15, -0.1) is 11.3 Å². The number of hydrogen-bond donors (Lipinski definition) is 2. The molecule has 2 amide bonds. The first-order valence-corrected chi connectivity index (χ1v) is 9.94. The number of nitrogens with zero attached hydrogens (tertiary/aromatic N) is 2. The molecule has 0 aliphatic heterocycles. The van der Waals surface area contributed by atoms with E-state index in [1.54, 1.807) is 24.3 Å². The van der Waals surface area contributed by atoms with Gasteiger partial charge in [0.05, 0.1) is 4.88 Å². The molecule has 0 atom stereocenters. The predicted octanol–water partition coefficient (Wildman–Crippen LogP) is 4.35. The number of carbonyl (C=O) groups is 2. The summed E-state index contributed by atoms with van der Waals surface area (Å²) < 4.78 is 5.19. The molecule has 2 aromatic heterocycles. The molecular formula is C20H22N4O3S. The third kappa shape index (κ3) is 5.75. The number of hydrogen-bond acceptors (Lipinski definition) is 6. The summed E-state index contributed by atoms with van der Waals surface area (Å²) in [6.45, 7) is 3.99. The fraction of sp³-hybridized carbons (Fsp3) is 0.300. The van der Waals surface area contributed by atoms with Crippen LogP contribution in [0.5, 0.6) is 0 Å². The van der Waals surface area contributed by atoms with Crippen molar-refractivity contribution in [3.8, 4) is 10.7 Å². The molecule has 0 radical (unpaired) electrons. The van der Waals surface area contributed by atoms with Crippen LogP contribution in [0.3, 0.4) is 0 Å². The maximum absolute atomic E-state index is 12.1. The lowest BCUT2D eigenvalue weighted by Gasteiger charge is -2.09. The normalized spacial score (nSPS) is 10.8. The number of anilines is 2. The molecule has 3 rings (SSSR count). The van der Waals surface area contributed by atoms with E-state index in [9.17, 15) is 9.59 Å². The van der Waals surface area contributed by atoms with Crippen LogP contribution in [-0.4, -0.2) is 22.0 Å². The second-order valence-corrected chi connectivity index (χ2v) is 7.71. The van der Waals surface area contributed by atoms with E-state index in [1.165, 1.54) is 11.3 Å². The van der Waals surface area contributed by atoms with Gasteiger partial charge in [-0.1, -0.05) is 25.1 Å². The Labute approximate surface area is 167 Å². The second-order valence-electron chi connectivity index (χ2n) is 6.76. The minimum absolute atomic E-state index is 0.0201. The van der Waals surface area contributed by atoms with E-state index in [4.69, 9.17) is 4.52 Å². The molecule has 0 saturated carbocycles. The van der Waals surface area contributed by atoms with Gasteiger partial charge in [-0.3, -0.25) is 9.59 Å². The summed E-state index contributed by atoms with van der Waals surface area (Å²) in [4.78, 5) is 29.2. The predicted molar refractivity (Wildman–Crippen MR) is 109 cm³/mol. The molecule has 0 saturated heterocycles. The quantitative estimate of drug-likeness (QED) is 0.588. The summed E-state index contributed by atoms with van der Waals surface area (Å²) in [5.74, 6) is 1.11. The zero-order valence-corrected chi connectivity index (χ0v) is 16.6. The molecule has 8 heteroatoms. The van der Waals surface area contributed by atoms with Crippen molar-refractivity contribution in [3.63, 3.8) is 0 Å². The summed E-state index contributed by atoms with van der Waals surface area (Å²) >= 11 is 1.53. The first kappa shape index (κ1) is 19.8. The van der Waals surface area contributed by atoms with Crippen LogP contribution in [0.1, 0.15) is 32.6 Å². The molecule has 0 aliphatic rings. The maximum Gasteiger partial charge on any atom is 0.227 e. The highest BCUT2D eigenvalue weighted by atomic mass is 32.1. The molecule has 7 nitrogen and oxygen atoms in total. The van der Waals surface area contributed by atoms with Gasteiger partial charge in [0.2, 0.25) is 23.5 Å². The van der Waals surface area contributed by atoms with Gasteiger partial charge < -0.3 is 15.2 Å². The Morgan fingerprint density at radius 3 is 2.36 bits per heavy atom. The summed E-state index contributed by atoms with van der Waals surface area (Å²) in [6.07, 6.45) is 1.08. The maximum atomic E-state index is 12.1. The first-order chi connectivity index (χ1) is 13.5. The second kappa shape index (κ2) is 9.27. The molecule has 28 heavy (non-hydrogen) atoms. The van der Waals surface area contributed by atoms with Crippen molar-refractivity contribution in [1.29, 1.82) is 0 Å². The number of amides is 2. The summed E-state index contributed by atoms with van der Waals surface area (Å²) in [5.41, 5.74) is 1.37. The summed E-state index contributed by atoms with van der Waals surface area (Å²) in [6, 6.07) is 10.9. The van der Waals surface area contributed by atoms with Crippen LogP contribution in [0.2, 0.25) is 0 Å². The molecule has 0 unspecified atom stereocenters. The Balaban J connectivity index is 1.46. The number of benzene rings is 1. The van der Waals surface area contributed by atoms with Crippen LogP contribution in [0.25, 0.3) is 10.7 Å². The lowest BCUT2D eigenvalue weighted by Crippen LogP contribution is -2.14. The SMILES string of the molecule is CC(C)CC(=O)Nc1ccc(NC(=O)CCc2nc(-c3cccs3)no2)cc1. The van der Waals surface area contributed by atoms with Crippen LogP contribution < -0.4 is 10.6 Å². The van der Waals surface area contributed by atoms with Crippen molar-refractivity contribution in [1.82, 2.24) is 10.1 Å². The lowest BCUT2D eigenvalue weighted by atomic mass is 10.1. The van der Waals surface area contributed by atoms with E-state index >= 15 is 0 Å². The largest absolute Gasteiger partial charge is 0.339 e. The minimum atomic E-state index is -0.146. The lowest BCUT2D eigenvalue weighted by molar-refractivity contribution is -0.117. The van der Waals surface area contributed by atoms with E-state index in [0.29, 0.717) is 41.8 Å². The molecule has 0 bridgehead atoms. The molecule has 0 spiro atoms. The third-order valence-corrected chi connectivity index (χ3v) is 4.69. The van der Waals surface area contributed by atoms with Crippen LogP contribution in [0.15, 0.2) is 46.3 Å². The molecule has 2 heterocycles. The van der Waals surface area contributed by atoms with Crippen molar-refractivity contribution in [2.24, 2.45) is 5.92 Å². The van der Waals surface area contributed by atoms with E-state index in [2.05, 4.69) is 20.8 Å². The van der Waals surface area contributed by atoms with E-state index in [0.717, 1.165) is 4.88 Å². The van der Waals surface area contributed by atoms with E-state index in [1.807, 2.05) is 31.4 Å². The Morgan fingerprint density at radius 2 is 1.75 bits per heavy atom. The topological polar surface area (TPSA) is 97.1 Å². The van der Waals surface area contributed by atoms with Gasteiger partial charge in [0.15, 0.2) is 0 Å². The van der Waals surface area contributed by atoms with Gasteiger partial charge in [-0.05, 0) is 41.6 Å². The number of rotatable bonds is 8. The highest BCUT2D eigenvalue weighted by molar-refractivity contribution is 7.13. The summed E-state index contributed by atoms with van der Waals surface area (Å²) in [5, 5.41) is 11.5. The number of aromatic nitrogens is 2. The molecule has 1 aromatic carbocycles. The van der Waals surface area contributed by atoms with Crippen molar-refractivity contribution in [2.75, 3.05) is 10.6 Å². The zero-order valence-electron chi connectivity index (χ0n) is 15.8. The van der Waals surface area contributed by atoms with Crippen LogP contribution in [-0.2, 0) is 16.0 Å². The van der Waals surface area contributed by atoms with Crippen molar-refractivity contribution in [3.05, 3.63) is 47.7 Å². The van der Waals surface area contributed by atoms with Crippen molar-refractivity contribution < 1.29 is 14.1 Å². The Hall–Kier alpha value is -3.00. The standard InChI is InChI=1S/C20H22N4O3S/c1-13(2)12-18(26)22-15-7-5-14(6-8-15)21-17(25)9-10-19-23-20(24-27-19)16-4-3-11-28-16/h3-8,11,13H,9-10,12H2,1-2H3,(H,21,25)(H,22,26). The Morgan fingerprint density at radius 1 is 1.07 bits per heavy atom. The molecule has 3 aromatic rings. The Bertz CT molecular complexity index is 917. The fourth-order valence-corrected chi connectivity index (χ4v) is 3.18. The third-order valence-electron chi connectivity index (χ3n) is 3.82. The van der Waals surface area contributed by atoms with E-state index in [-0.39, 0.29) is 18.2 Å². The van der Waals surface area contributed by atoms with E-state index < -0.39 is 0 Å². The molecule has 146 valence electrons. The molecule has 2 N–H and O–H groups in total. The van der Waals surface area contributed by atoms with Gasteiger partial charge in [0, 0.05) is 30.6 Å². The van der Waals surface area contributed by atoms with Crippen LogP contribution >= 0.6 is 11.3 Å². The van der Waals surface area contributed by atoms with Gasteiger partial charge in [-0.2, -0.15) is 4.98 Å². The van der Waals surface area contributed by atoms with Crippen molar-refractivity contribution >= 4 is 34.5 Å². The minimum Gasteiger partial charge on any atom is -0.339 e. The monoisotopic (exact) mass is 398 g/mol. The van der Waals surface area contributed by atoms with Crippen LogP contribution in [0.4, 0.5) is 11.4 Å². The van der Waals surface area contributed by atoms with Gasteiger partial charge in [0.1, 0.15) is 0 Å². The number of thiophene rings is 1. The average molecular weight is 398 g/mol.